The number of carbonyl (C=O) groups excluding carboxylic acids is 1. The first kappa shape index (κ1) is 11.1. The van der Waals surface area contributed by atoms with Gasteiger partial charge in [0.25, 0.3) is 0 Å². The summed E-state index contributed by atoms with van der Waals surface area (Å²) >= 11 is 5.93. The van der Waals surface area contributed by atoms with E-state index in [1.54, 1.807) is 12.1 Å². The minimum absolute atomic E-state index is 0.285. The summed E-state index contributed by atoms with van der Waals surface area (Å²) in [5.74, 6) is 0.987. The molecule has 1 unspecified atom stereocenters. The lowest BCUT2D eigenvalue weighted by atomic mass is 10.3. The van der Waals surface area contributed by atoms with Crippen LogP contribution in [-0.2, 0) is 4.79 Å². The molecule has 0 N–H and O–H groups in total. The SMILES string of the molecule is CCC1Oc2cc(Cl)c(OC(C)=O)cc2O1. The number of ether oxygens (including phenoxy) is 3. The Morgan fingerprint density at radius 1 is 1.44 bits per heavy atom. The normalized spacial score (nSPS) is 17.3. The molecule has 1 atom stereocenters. The third-order valence-corrected chi connectivity index (χ3v) is 2.40. The van der Waals surface area contributed by atoms with Crippen LogP contribution < -0.4 is 14.2 Å². The summed E-state index contributed by atoms with van der Waals surface area (Å²) in [5.41, 5.74) is 0. The molecule has 4 nitrogen and oxygen atoms in total. The molecule has 0 saturated heterocycles. The van der Waals surface area contributed by atoms with Crippen molar-refractivity contribution in [3.8, 4) is 17.2 Å². The van der Waals surface area contributed by atoms with Crippen molar-refractivity contribution in [1.29, 1.82) is 0 Å². The molecule has 1 heterocycles. The Morgan fingerprint density at radius 3 is 2.62 bits per heavy atom. The van der Waals surface area contributed by atoms with Crippen LogP contribution in [0.15, 0.2) is 12.1 Å². The molecule has 0 aliphatic carbocycles. The smallest absolute Gasteiger partial charge is 0.308 e. The molecule has 0 aromatic heterocycles. The fraction of sp³-hybridized carbons (Fsp3) is 0.364. The van der Waals surface area contributed by atoms with E-state index in [1.165, 1.54) is 6.92 Å². The number of esters is 1. The van der Waals surface area contributed by atoms with Crippen LogP contribution in [0.3, 0.4) is 0 Å². The fourth-order valence-electron chi connectivity index (χ4n) is 1.41. The maximum Gasteiger partial charge on any atom is 0.308 e. The highest BCUT2D eigenvalue weighted by molar-refractivity contribution is 6.32. The number of hydrogen-bond acceptors (Lipinski definition) is 4. The van der Waals surface area contributed by atoms with E-state index in [2.05, 4.69) is 0 Å². The van der Waals surface area contributed by atoms with Crippen molar-refractivity contribution in [2.24, 2.45) is 0 Å². The van der Waals surface area contributed by atoms with E-state index < -0.39 is 5.97 Å². The Labute approximate surface area is 98.1 Å². The lowest BCUT2D eigenvalue weighted by molar-refractivity contribution is -0.131. The maximum absolute atomic E-state index is 10.8. The molecule has 0 fully saturated rings. The molecule has 0 radical (unpaired) electrons. The van der Waals surface area contributed by atoms with Crippen LogP contribution in [0.5, 0.6) is 17.2 Å². The zero-order chi connectivity index (χ0) is 11.7. The second kappa shape index (κ2) is 4.22. The zero-order valence-corrected chi connectivity index (χ0v) is 9.71. The lowest BCUT2D eigenvalue weighted by Crippen LogP contribution is -2.15. The van der Waals surface area contributed by atoms with Gasteiger partial charge in [0.05, 0.1) is 5.02 Å². The van der Waals surface area contributed by atoms with Crippen LogP contribution in [0.4, 0.5) is 0 Å². The summed E-state index contributed by atoms with van der Waals surface area (Å²) in [6.07, 6.45) is 0.438. The second-order valence-corrected chi connectivity index (χ2v) is 3.80. The summed E-state index contributed by atoms with van der Waals surface area (Å²) in [4.78, 5) is 10.8. The molecular formula is C11H11ClO4. The topological polar surface area (TPSA) is 44.8 Å². The second-order valence-electron chi connectivity index (χ2n) is 3.40. The molecule has 2 rings (SSSR count). The molecule has 5 heteroatoms. The lowest BCUT2D eigenvalue weighted by Gasteiger charge is -2.05. The average molecular weight is 243 g/mol. The number of fused-ring (bicyclic) bond motifs is 1. The van der Waals surface area contributed by atoms with Crippen LogP contribution in [0.2, 0.25) is 5.02 Å². The van der Waals surface area contributed by atoms with Gasteiger partial charge in [0.1, 0.15) is 0 Å². The van der Waals surface area contributed by atoms with Crippen LogP contribution in [0.1, 0.15) is 20.3 Å². The van der Waals surface area contributed by atoms with Gasteiger partial charge >= 0.3 is 5.97 Å². The van der Waals surface area contributed by atoms with Crippen molar-refractivity contribution < 1.29 is 19.0 Å². The molecule has 0 saturated carbocycles. The van der Waals surface area contributed by atoms with Crippen molar-refractivity contribution in [2.75, 3.05) is 0 Å². The molecular weight excluding hydrogens is 232 g/mol. The molecule has 86 valence electrons. The fourth-order valence-corrected chi connectivity index (χ4v) is 1.60. The molecule has 1 aromatic carbocycles. The molecule has 1 aliphatic heterocycles. The summed E-state index contributed by atoms with van der Waals surface area (Å²) < 4.78 is 15.8. The van der Waals surface area contributed by atoms with E-state index in [0.29, 0.717) is 16.5 Å². The zero-order valence-electron chi connectivity index (χ0n) is 8.95. The van der Waals surface area contributed by atoms with Crippen molar-refractivity contribution in [1.82, 2.24) is 0 Å². The first-order chi connectivity index (χ1) is 7.60. The summed E-state index contributed by atoms with van der Waals surface area (Å²) in [5, 5.41) is 0.328. The predicted molar refractivity (Wildman–Crippen MR) is 58.1 cm³/mol. The summed E-state index contributed by atoms with van der Waals surface area (Å²) in [6.45, 7) is 3.26. The monoisotopic (exact) mass is 242 g/mol. The molecule has 1 aromatic rings. The van der Waals surface area contributed by atoms with Crippen LogP contribution in [0.25, 0.3) is 0 Å². The first-order valence-electron chi connectivity index (χ1n) is 4.95. The molecule has 16 heavy (non-hydrogen) atoms. The van der Waals surface area contributed by atoms with Gasteiger partial charge in [-0.05, 0) is 0 Å². The Balaban J connectivity index is 2.29. The van der Waals surface area contributed by atoms with Gasteiger partial charge in [-0.15, -0.1) is 0 Å². The standard InChI is InChI=1S/C11H11ClO4/c1-3-11-15-9-4-7(12)8(14-6(2)13)5-10(9)16-11/h4-5,11H,3H2,1-2H3. The number of benzene rings is 1. The average Bonchev–Trinajstić information content (AvgIpc) is 2.59. The molecule has 0 spiro atoms. The maximum atomic E-state index is 10.8. The largest absolute Gasteiger partial charge is 0.451 e. The van der Waals surface area contributed by atoms with E-state index in [0.717, 1.165) is 6.42 Å². The molecule has 1 aliphatic rings. The molecule has 0 bridgehead atoms. The van der Waals surface area contributed by atoms with Gasteiger partial charge in [-0.25, -0.2) is 0 Å². The van der Waals surface area contributed by atoms with Crippen molar-refractivity contribution >= 4 is 17.6 Å². The van der Waals surface area contributed by atoms with Gasteiger partial charge in [0, 0.05) is 25.5 Å². The van der Waals surface area contributed by atoms with Gasteiger partial charge in [0.15, 0.2) is 17.2 Å². The third kappa shape index (κ3) is 2.07. The van der Waals surface area contributed by atoms with E-state index in [-0.39, 0.29) is 12.0 Å². The number of carbonyl (C=O) groups is 1. The number of rotatable bonds is 2. The number of halogens is 1. The van der Waals surface area contributed by atoms with Crippen molar-refractivity contribution in [3.05, 3.63) is 17.2 Å². The number of hydrogen-bond donors (Lipinski definition) is 0. The Kier molecular flexibility index (Phi) is 2.92. The van der Waals surface area contributed by atoms with Crippen LogP contribution in [-0.4, -0.2) is 12.3 Å². The van der Waals surface area contributed by atoms with Crippen molar-refractivity contribution in [3.63, 3.8) is 0 Å². The van der Waals surface area contributed by atoms with Gasteiger partial charge in [-0.3, -0.25) is 4.79 Å². The van der Waals surface area contributed by atoms with E-state index in [9.17, 15) is 4.79 Å². The Bertz CT molecular complexity index is 430. The Hall–Kier alpha value is -1.42. The van der Waals surface area contributed by atoms with Crippen molar-refractivity contribution in [2.45, 2.75) is 26.6 Å². The minimum Gasteiger partial charge on any atom is -0.451 e. The van der Waals surface area contributed by atoms with Gasteiger partial charge in [0.2, 0.25) is 6.29 Å². The van der Waals surface area contributed by atoms with E-state index in [1.807, 2.05) is 6.92 Å². The Morgan fingerprint density at radius 2 is 2.06 bits per heavy atom. The van der Waals surface area contributed by atoms with Crippen LogP contribution >= 0.6 is 11.6 Å². The quantitative estimate of drug-likeness (QED) is 0.591. The third-order valence-electron chi connectivity index (χ3n) is 2.10. The first-order valence-corrected chi connectivity index (χ1v) is 5.33. The predicted octanol–water partition coefficient (Wildman–Crippen LogP) is 2.77. The van der Waals surface area contributed by atoms with Gasteiger partial charge in [-0.1, -0.05) is 18.5 Å². The van der Waals surface area contributed by atoms with Crippen LogP contribution in [0, 0.1) is 0 Å². The highest BCUT2D eigenvalue weighted by Crippen LogP contribution is 2.42. The van der Waals surface area contributed by atoms with E-state index >= 15 is 0 Å². The van der Waals surface area contributed by atoms with Gasteiger partial charge in [-0.2, -0.15) is 0 Å². The van der Waals surface area contributed by atoms with E-state index in [4.69, 9.17) is 25.8 Å². The van der Waals surface area contributed by atoms with Gasteiger partial charge < -0.3 is 14.2 Å². The summed E-state index contributed by atoms with van der Waals surface area (Å²) in [7, 11) is 0. The minimum atomic E-state index is -0.423. The molecule has 0 amide bonds. The highest BCUT2D eigenvalue weighted by Gasteiger charge is 2.24. The highest BCUT2D eigenvalue weighted by atomic mass is 35.5. The summed E-state index contributed by atoms with van der Waals surface area (Å²) in [6, 6.07) is 3.15.